The number of aryl methyl sites for hydroxylation is 1. The van der Waals surface area contributed by atoms with Crippen LogP contribution in [0.25, 0.3) is 11.4 Å². The van der Waals surface area contributed by atoms with Crippen LogP contribution in [0, 0.1) is 13.8 Å². The Bertz CT molecular complexity index is 1290. The number of nitrogens with zero attached hydrogens (tertiary/aromatic N) is 5. The number of hydrogen-bond donors (Lipinski definition) is 1. The van der Waals surface area contributed by atoms with Crippen LogP contribution in [0.1, 0.15) is 27.2 Å². The van der Waals surface area contributed by atoms with Crippen LogP contribution in [-0.4, -0.2) is 32.4 Å². The van der Waals surface area contributed by atoms with E-state index in [0.717, 1.165) is 46.0 Å². The second-order valence-corrected chi connectivity index (χ2v) is 7.76. The molecular weight excluding hydrogens is 400 g/mol. The molecule has 7 nitrogen and oxygen atoms in total. The first-order valence-corrected chi connectivity index (χ1v) is 10.5. The Labute approximate surface area is 186 Å². The van der Waals surface area contributed by atoms with Crippen LogP contribution >= 0.6 is 0 Å². The molecule has 1 aliphatic rings. The van der Waals surface area contributed by atoms with E-state index in [1.54, 1.807) is 36.9 Å². The molecule has 0 radical (unpaired) electrons. The molecule has 3 aromatic heterocycles. The highest BCUT2D eigenvalue weighted by Gasteiger charge is 2.26. The highest BCUT2D eigenvalue weighted by molar-refractivity contribution is 6.07. The molecule has 0 aliphatic carbocycles. The van der Waals surface area contributed by atoms with E-state index in [1.165, 1.54) is 0 Å². The topological polar surface area (TPSA) is 83.9 Å². The lowest BCUT2D eigenvalue weighted by Crippen LogP contribution is -2.28. The summed E-state index contributed by atoms with van der Waals surface area (Å²) in [6, 6.07) is 13.4. The molecule has 7 heteroatoms. The van der Waals surface area contributed by atoms with Crippen LogP contribution in [0.15, 0.2) is 67.3 Å². The molecule has 0 saturated carbocycles. The van der Waals surface area contributed by atoms with Gasteiger partial charge in [0.2, 0.25) is 0 Å². The van der Waals surface area contributed by atoms with Gasteiger partial charge in [-0.25, -0.2) is 9.97 Å². The Kier molecular flexibility index (Phi) is 5.07. The fourth-order valence-corrected chi connectivity index (χ4v) is 3.85. The number of pyridine rings is 2. The maximum Gasteiger partial charge on any atom is 0.259 e. The molecular formula is C25H22N6O. The van der Waals surface area contributed by atoms with E-state index in [0.29, 0.717) is 17.9 Å². The van der Waals surface area contributed by atoms with Crippen molar-refractivity contribution < 1.29 is 4.79 Å². The largest absolute Gasteiger partial charge is 0.340 e. The average Bonchev–Trinajstić information content (AvgIpc) is 3.26. The van der Waals surface area contributed by atoms with Crippen molar-refractivity contribution in [2.45, 2.75) is 20.3 Å². The Hall–Kier alpha value is -4.13. The number of carbonyl (C=O) groups excluding carboxylic acids is 1. The van der Waals surface area contributed by atoms with Crippen LogP contribution in [0.4, 0.5) is 17.2 Å². The maximum atomic E-state index is 12.9. The highest BCUT2D eigenvalue weighted by atomic mass is 16.2. The highest BCUT2D eigenvalue weighted by Crippen LogP contribution is 2.33. The molecule has 4 aromatic rings. The van der Waals surface area contributed by atoms with Crippen LogP contribution in [0.2, 0.25) is 0 Å². The smallest absolute Gasteiger partial charge is 0.259 e. The maximum absolute atomic E-state index is 12.9. The Morgan fingerprint density at radius 3 is 2.62 bits per heavy atom. The molecule has 5 rings (SSSR count). The molecule has 1 aromatic carbocycles. The Morgan fingerprint density at radius 1 is 1.00 bits per heavy atom. The lowest BCUT2D eigenvalue weighted by atomic mass is 10.1. The van der Waals surface area contributed by atoms with E-state index < -0.39 is 0 Å². The summed E-state index contributed by atoms with van der Waals surface area (Å²) in [5.74, 6) is 1.40. The summed E-state index contributed by atoms with van der Waals surface area (Å²) in [5, 5.41) is 3.45. The lowest BCUT2D eigenvalue weighted by Gasteiger charge is -2.18. The van der Waals surface area contributed by atoms with E-state index in [9.17, 15) is 4.79 Å². The average molecular weight is 422 g/mol. The fraction of sp³-hybridized carbons (Fsp3) is 0.160. The zero-order valence-electron chi connectivity index (χ0n) is 17.9. The van der Waals surface area contributed by atoms with Crippen molar-refractivity contribution in [3.05, 3.63) is 89.6 Å². The van der Waals surface area contributed by atoms with Gasteiger partial charge in [-0.3, -0.25) is 14.8 Å². The third kappa shape index (κ3) is 3.69. The third-order valence-electron chi connectivity index (χ3n) is 5.72. The predicted molar refractivity (Wildman–Crippen MR) is 124 cm³/mol. The van der Waals surface area contributed by atoms with Gasteiger partial charge in [-0.1, -0.05) is 0 Å². The van der Waals surface area contributed by atoms with E-state index in [2.05, 4.69) is 26.3 Å². The number of carbonyl (C=O) groups is 1. The van der Waals surface area contributed by atoms with Gasteiger partial charge in [-0.2, -0.15) is 0 Å². The SMILES string of the molecule is Cc1nc(-c2ccncc2)nc(Nc2ccc3c(c2)CCN3C(=O)c2cccnc2)c1C. The van der Waals surface area contributed by atoms with E-state index in [-0.39, 0.29) is 5.91 Å². The minimum Gasteiger partial charge on any atom is -0.340 e. The number of benzene rings is 1. The molecule has 32 heavy (non-hydrogen) atoms. The minimum atomic E-state index is -0.0261. The fourth-order valence-electron chi connectivity index (χ4n) is 3.85. The number of aromatic nitrogens is 4. The van der Waals surface area contributed by atoms with Gasteiger partial charge in [0.1, 0.15) is 5.82 Å². The first-order chi connectivity index (χ1) is 15.6. The van der Waals surface area contributed by atoms with Crippen molar-refractivity contribution in [3.8, 4) is 11.4 Å². The second-order valence-electron chi connectivity index (χ2n) is 7.76. The zero-order valence-corrected chi connectivity index (χ0v) is 17.9. The van der Waals surface area contributed by atoms with Crippen LogP contribution in [0.3, 0.4) is 0 Å². The Morgan fingerprint density at radius 2 is 1.84 bits per heavy atom. The molecule has 0 fully saturated rings. The number of hydrogen-bond acceptors (Lipinski definition) is 6. The number of amides is 1. The van der Waals surface area contributed by atoms with Crippen molar-refractivity contribution in [1.82, 2.24) is 19.9 Å². The van der Waals surface area contributed by atoms with Crippen molar-refractivity contribution >= 4 is 23.1 Å². The lowest BCUT2D eigenvalue weighted by molar-refractivity contribution is 0.0989. The quantitative estimate of drug-likeness (QED) is 0.521. The summed E-state index contributed by atoms with van der Waals surface area (Å²) in [7, 11) is 0. The summed E-state index contributed by atoms with van der Waals surface area (Å²) in [6.45, 7) is 4.65. The van der Waals surface area contributed by atoms with Gasteiger partial charge < -0.3 is 10.2 Å². The second kappa shape index (κ2) is 8.19. The zero-order chi connectivity index (χ0) is 22.1. The van der Waals surface area contributed by atoms with Crippen molar-refractivity contribution in [3.63, 3.8) is 0 Å². The molecule has 0 unspecified atom stereocenters. The monoisotopic (exact) mass is 422 g/mol. The van der Waals surface area contributed by atoms with Gasteiger partial charge in [-0.05, 0) is 68.3 Å². The first kappa shape index (κ1) is 19.8. The third-order valence-corrected chi connectivity index (χ3v) is 5.72. The Balaban J connectivity index is 1.42. The van der Waals surface area contributed by atoms with Crippen molar-refractivity contribution in [2.75, 3.05) is 16.8 Å². The van der Waals surface area contributed by atoms with Crippen LogP contribution in [-0.2, 0) is 6.42 Å². The number of fused-ring (bicyclic) bond motifs is 1. The summed E-state index contributed by atoms with van der Waals surface area (Å²) in [5.41, 5.74) is 6.44. The van der Waals surface area contributed by atoms with E-state index in [4.69, 9.17) is 4.98 Å². The predicted octanol–water partition coefficient (Wildman–Crippen LogP) is 4.50. The standard InChI is InChI=1S/C25H22N6O/c1-16-17(2)28-24(18-7-11-26-12-8-18)30-23(16)29-21-5-6-22-19(14-21)9-13-31(22)25(32)20-4-3-10-27-15-20/h3-8,10-12,14-15H,9,13H2,1-2H3,(H,28,29,30). The summed E-state index contributed by atoms with van der Waals surface area (Å²) in [4.78, 5) is 32.2. The molecule has 1 amide bonds. The first-order valence-electron chi connectivity index (χ1n) is 10.5. The number of rotatable bonds is 4. The number of nitrogens with one attached hydrogen (secondary N) is 1. The van der Waals surface area contributed by atoms with Gasteiger partial charge >= 0.3 is 0 Å². The van der Waals surface area contributed by atoms with Crippen molar-refractivity contribution in [1.29, 1.82) is 0 Å². The molecule has 1 N–H and O–H groups in total. The van der Waals surface area contributed by atoms with Gasteiger partial charge in [-0.15, -0.1) is 0 Å². The molecule has 0 saturated heterocycles. The molecule has 4 heterocycles. The minimum absolute atomic E-state index is 0.0261. The summed E-state index contributed by atoms with van der Waals surface area (Å²) in [6.07, 6.45) is 7.56. The van der Waals surface area contributed by atoms with Crippen molar-refractivity contribution in [2.24, 2.45) is 0 Å². The molecule has 158 valence electrons. The van der Waals surface area contributed by atoms with Crippen LogP contribution in [0.5, 0.6) is 0 Å². The normalized spacial score (nSPS) is 12.5. The molecule has 1 aliphatic heterocycles. The molecule has 0 atom stereocenters. The molecule has 0 bridgehead atoms. The van der Waals surface area contributed by atoms with E-state index >= 15 is 0 Å². The van der Waals surface area contributed by atoms with Gasteiger partial charge in [0.05, 0.1) is 5.56 Å². The molecule has 0 spiro atoms. The van der Waals surface area contributed by atoms with E-state index in [1.807, 2.05) is 43.0 Å². The van der Waals surface area contributed by atoms with Gasteiger partial charge in [0, 0.05) is 59.5 Å². The summed E-state index contributed by atoms with van der Waals surface area (Å²) >= 11 is 0. The van der Waals surface area contributed by atoms with Crippen LogP contribution < -0.4 is 10.2 Å². The van der Waals surface area contributed by atoms with Gasteiger partial charge in [0.15, 0.2) is 5.82 Å². The van der Waals surface area contributed by atoms with Gasteiger partial charge in [0.25, 0.3) is 5.91 Å². The number of anilines is 3. The summed E-state index contributed by atoms with van der Waals surface area (Å²) < 4.78 is 0.